The van der Waals surface area contributed by atoms with Crippen LogP contribution >= 0.6 is 0 Å². The minimum Gasteiger partial charge on any atom is -0.460 e. The molecule has 0 spiro atoms. The largest absolute Gasteiger partial charge is 0.460 e. The van der Waals surface area contributed by atoms with E-state index in [2.05, 4.69) is 0 Å². The summed E-state index contributed by atoms with van der Waals surface area (Å²) in [6.45, 7) is -0.244. The highest BCUT2D eigenvalue weighted by molar-refractivity contribution is 5.81. The fourth-order valence-corrected chi connectivity index (χ4v) is 4.22. The number of carbonyl (C=O) groups excluding carboxylic acids is 2. The van der Waals surface area contributed by atoms with Gasteiger partial charge in [-0.05, 0) is 36.8 Å². The predicted molar refractivity (Wildman–Crippen MR) is 95.6 cm³/mol. The Morgan fingerprint density at radius 2 is 1.36 bits per heavy atom. The molecule has 0 amide bonds. The fourth-order valence-electron chi connectivity index (χ4n) is 4.22. The van der Waals surface area contributed by atoms with E-state index in [1.165, 1.54) is 12.1 Å². The van der Waals surface area contributed by atoms with E-state index in [4.69, 9.17) is 9.47 Å². The molecule has 0 aliphatic heterocycles. The van der Waals surface area contributed by atoms with Crippen LogP contribution < -0.4 is 0 Å². The number of benzene rings is 2. The van der Waals surface area contributed by atoms with Crippen molar-refractivity contribution in [2.75, 3.05) is 0 Å². The standard InChI is InChI=1S/C22H20F2O4/c23-17-7-3-1-5-13(17)11-27-21(25)16-10-9-15-19(16)20(15)22(26)28-12-14-6-2-4-8-18(14)24/h1-8,15-16,19-20H,9-12H2. The first-order valence-electron chi connectivity index (χ1n) is 9.36. The molecule has 2 fully saturated rings. The summed E-state index contributed by atoms with van der Waals surface area (Å²) in [7, 11) is 0. The SMILES string of the molecule is O=C(OCc1ccccc1F)C1CCC2C(C(=O)OCc3ccccc3F)C12. The van der Waals surface area contributed by atoms with Crippen LogP contribution in [0.15, 0.2) is 48.5 Å². The van der Waals surface area contributed by atoms with Gasteiger partial charge in [0, 0.05) is 11.1 Å². The van der Waals surface area contributed by atoms with Crippen LogP contribution in [-0.4, -0.2) is 11.9 Å². The van der Waals surface area contributed by atoms with Gasteiger partial charge >= 0.3 is 11.9 Å². The van der Waals surface area contributed by atoms with Gasteiger partial charge in [0.1, 0.15) is 24.8 Å². The molecule has 28 heavy (non-hydrogen) atoms. The molecule has 0 aromatic heterocycles. The summed E-state index contributed by atoms with van der Waals surface area (Å²) < 4.78 is 37.8. The summed E-state index contributed by atoms with van der Waals surface area (Å²) in [4.78, 5) is 24.8. The van der Waals surface area contributed by atoms with E-state index < -0.39 is 23.6 Å². The van der Waals surface area contributed by atoms with E-state index in [1.807, 2.05) is 0 Å². The van der Waals surface area contributed by atoms with E-state index in [9.17, 15) is 18.4 Å². The first-order chi connectivity index (χ1) is 13.6. The Morgan fingerprint density at radius 3 is 1.93 bits per heavy atom. The molecule has 0 N–H and O–H groups in total. The maximum absolute atomic E-state index is 13.6. The van der Waals surface area contributed by atoms with Crippen LogP contribution in [0.1, 0.15) is 24.0 Å². The molecular weight excluding hydrogens is 366 g/mol. The van der Waals surface area contributed by atoms with Crippen molar-refractivity contribution in [1.82, 2.24) is 0 Å². The van der Waals surface area contributed by atoms with Gasteiger partial charge in [-0.1, -0.05) is 36.4 Å². The zero-order valence-electron chi connectivity index (χ0n) is 15.1. The zero-order valence-corrected chi connectivity index (χ0v) is 15.1. The summed E-state index contributed by atoms with van der Waals surface area (Å²) in [5.74, 6) is -2.33. The Labute approximate surface area is 161 Å². The number of carbonyl (C=O) groups is 2. The lowest BCUT2D eigenvalue weighted by atomic mass is 10.00. The van der Waals surface area contributed by atoms with Crippen molar-refractivity contribution in [3.05, 3.63) is 71.3 Å². The molecule has 2 aromatic rings. The maximum atomic E-state index is 13.6. The Morgan fingerprint density at radius 1 is 0.821 bits per heavy atom. The molecule has 0 radical (unpaired) electrons. The van der Waals surface area contributed by atoms with Gasteiger partial charge in [-0.25, -0.2) is 8.78 Å². The summed E-state index contributed by atoms with van der Waals surface area (Å²) in [6.07, 6.45) is 1.41. The second-order valence-corrected chi connectivity index (χ2v) is 7.35. The Kier molecular flexibility index (Phi) is 5.11. The van der Waals surface area contributed by atoms with E-state index in [1.54, 1.807) is 36.4 Å². The highest BCUT2D eigenvalue weighted by atomic mass is 19.1. The quantitative estimate of drug-likeness (QED) is 0.704. The van der Waals surface area contributed by atoms with Gasteiger partial charge in [-0.3, -0.25) is 9.59 Å². The van der Waals surface area contributed by atoms with Crippen LogP contribution in [0.3, 0.4) is 0 Å². The van der Waals surface area contributed by atoms with Crippen LogP contribution in [0.25, 0.3) is 0 Å². The van der Waals surface area contributed by atoms with Crippen LogP contribution in [-0.2, 0) is 32.3 Å². The number of esters is 2. The molecule has 0 bridgehead atoms. The minimum atomic E-state index is -0.416. The van der Waals surface area contributed by atoms with Gasteiger partial charge in [0.2, 0.25) is 0 Å². The molecule has 2 aliphatic carbocycles. The van der Waals surface area contributed by atoms with Crippen molar-refractivity contribution in [2.45, 2.75) is 26.1 Å². The van der Waals surface area contributed by atoms with Gasteiger partial charge in [0.05, 0.1) is 11.8 Å². The van der Waals surface area contributed by atoms with Crippen molar-refractivity contribution in [3.63, 3.8) is 0 Å². The average Bonchev–Trinajstić information content (AvgIpc) is 3.25. The number of hydrogen-bond donors (Lipinski definition) is 0. The summed E-state index contributed by atoms with van der Waals surface area (Å²) >= 11 is 0. The van der Waals surface area contributed by atoms with Crippen molar-refractivity contribution in [3.8, 4) is 0 Å². The van der Waals surface area contributed by atoms with Gasteiger partial charge in [-0.2, -0.15) is 0 Å². The molecule has 0 heterocycles. The van der Waals surface area contributed by atoms with Crippen LogP contribution in [0.2, 0.25) is 0 Å². The number of ether oxygens (including phenoxy) is 2. The first kappa shape index (κ1) is 18.6. The number of fused-ring (bicyclic) bond motifs is 1. The van der Waals surface area contributed by atoms with Crippen LogP contribution in [0.4, 0.5) is 8.78 Å². The van der Waals surface area contributed by atoms with E-state index in [-0.39, 0.29) is 36.9 Å². The third-order valence-electron chi connectivity index (χ3n) is 5.74. The molecule has 4 nitrogen and oxygen atoms in total. The summed E-state index contributed by atoms with van der Waals surface area (Å²) in [5, 5.41) is 0. The lowest BCUT2D eigenvalue weighted by Gasteiger charge is -2.14. The van der Waals surface area contributed by atoms with E-state index in [0.29, 0.717) is 17.5 Å². The molecule has 0 saturated heterocycles. The predicted octanol–water partition coefficient (Wildman–Crippen LogP) is 4.02. The topological polar surface area (TPSA) is 52.6 Å². The number of halogens is 2. The van der Waals surface area contributed by atoms with Crippen LogP contribution in [0.5, 0.6) is 0 Å². The van der Waals surface area contributed by atoms with Crippen LogP contribution in [0, 0.1) is 35.3 Å². The van der Waals surface area contributed by atoms with E-state index >= 15 is 0 Å². The van der Waals surface area contributed by atoms with Gasteiger partial charge in [0.25, 0.3) is 0 Å². The summed E-state index contributed by atoms with van der Waals surface area (Å²) in [6, 6.07) is 12.3. The second-order valence-electron chi connectivity index (χ2n) is 7.35. The smallest absolute Gasteiger partial charge is 0.309 e. The molecule has 4 rings (SSSR count). The summed E-state index contributed by atoms with van der Waals surface area (Å²) in [5.41, 5.74) is 0.643. The van der Waals surface area contributed by atoms with Crippen molar-refractivity contribution < 1.29 is 27.8 Å². The monoisotopic (exact) mass is 386 g/mol. The fraction of sp³-hybridized carbons (Fsp3) is 0.364. The molecule has 2 aliphatic rings. The zero-order chi connectivity index (χ0) is 19.7. The molecule has 2 saturated carbocycles. The Balaban J connectivity index is 1.30. The molecule has 146 valence electrons. The van der Waals surface area contributed by atoms with Crippen molar-refractivity contribution >= 4 is 11.9 Å². The minimum absolute atomic E-state index is 0.0961. The first-order valence-corrected chi connectivity index (χ1v) is 9.36. The third-order valence-corrected chi connectivity index (χ3v) is 5.74. The van der Waals surface area contributed by atoms with Crippen molar-refractivity contribution in [2.24, 2.45) is 23.7 Å². The third kappa shape index (κ3) is 3.63. The maximum Gasteiger partial charge on any atom is 0.309 e. The molecule has 2 aromatic carbocycles. The molecule has 6 heteroatoms. The Bertz CT molecular complexity index is 898. The highest BCUT2D eigenvalue weighted by Gasteiger charge is 2.64. The Hall–Kier alpha value is -2.76. The molecule has 4 unspecified atom stereocenters. The molecule has 4 atom stereocenters. The lowest BCUT2D eigenvalue weighted by Crippen LogP contribution is -2.21. The highest BCUT2D eigenvalue weighted by Crippen LogP contribution is 2.61. The number of rotatable bonds is 6. The van der Waals surface area contributed by atoms with Gasteiger partial charge < -0.3 is 9.47 Å². The molecular formula is C22H20F2O4. The lowest BCUT2D eigenvalue weighted by molar-refractivity contribution is -0.152. The average molecular weight is 386 g/mol. The second kappa shape index (κ2) is 7.70. The normalized spacial score (nSPS) is 25.1. The number of hydrogen-bond acceptors (Lipinski definition) is 4. The van der Waals surface area contributed by atoms with Crippen molar-refractivity contribution in [1.29, 1.82) is 0 Å². The van der Waals surface area contributed by atoms with Gasteiger partial charge in [-0.15, -0.1) is 0 Å². The van der Waals surface area contributed by atoms with E-state index in [0.717, 1.165) is 6.42 Å². The van der Waals surface area contributed by atoms with Gasteiger partial charge in [0.15, 0.2) is 0 Å².